The van der Waals surface area contributed by atoms with Crippen molar-refractivity contribution in [2.24, 2.45) is 11.8 Å². The quantitative estimate of drug-likeness (QED) is 0.786. The van der Waals surface area contributed by atoms with Gasteiger partial charge in [0.1, 0.15) is 0 Å². The Morgan fingerprint density at radius 1 is 1.17 bits per heavy atom. The molecule has 1 aromatic rings. The van der Waals surface area contributed by atoms with Crippen molar-refractivity contribution in [3.63, 3.8) is 0 Å². The standard InChI is InChI=1S/C21H33N3O4S/c1-15-11-16(2)14-23(13-15)18(4)21(25)22-19-6-5-17(3)20(12-19)29(26,27)24-7-9-28-10-8-24/h5-6,12,15-16,18H,7-11,13-14H2,1-4H3,(H,22,25)/t15-,16-,18+/m0/s1. The molecule has 7 nitrogen and oxygen atoms in total. The minimum absolute atomic E-state index is 0.107. The monoisotopic (exact) mass is 423 g/mol. The number of nitrogens with zero attached hydrogens (tertiary/aromatic N) is 2. The Hall–Kier alpha value is -1.48. The number of anilines is 1. The summed E-state index contributed by atoms with van der Waals surface area (Å²) in [6, 6.07) is 4.82. The van der Waals surface area contributed by atoms with Gasteiger partial charge in [0.15, 0.2) is 0 Å². The van der Waals surface area contributed by atoms with Gasteiger partial charge < -0.3 is 10.1 Å². The number of piperidine rings is 1. The molecular formula is C21H33N3O4S. The molecule has 2 saturated heterocycles. The van der Waals surface area contributed by atoms with E-state index in [1.165, 1.54) is 10.7 Å². The number of amides is 1. The van der Waals surface area contributed by atoms with E-state index in [0.717, 1.165) is 13.1 Å². The van der Waals surface area contributed by atoms with Crippen LogP contribution in [0.1, 0.15) is 32.8 Å². The van der Waals surface area contributed by atoms with Gasteiger partial charge in [0.05, 0.1) is 24.2 Å². The third kappa shape index (κ3) is 5.17. The molecule has 2 aliphatic rings. The van der Waals surface area contributed by atoms with Crippen LogP contribution < -0.4 is 5.32 Å². The van der Waals surface area contributed by atoms with Crippen LogP contribution in [0.4, 0.5) is 5.69 Å². The van der Waals surface area contributed by atoms with Crippen molar-refractivity contribution in [2.75, 3.05) is 44.7 Å². The number of carbonyl (C=O) groups excluding carboxylic acids is 1. The number of benzene rings is 1. The number of hydrogen-bond acceptors (Lipinski definition) is 5. The van der Waals surface area contributed by atoms with Crippen molar-refractivity contribution in [3.8, 4) is 0 Å². The predicted octanol–water partition coefficient (Wildman–Crippen LogP) is 2.32. The Morgan fingerprint density at radius 2 is 1.79 bits per heavy atom. The van der Waals surface area contributed by atoms with Gasteiger partial charge in [-0.2, -0.15) is 4.31 Å². The first-order valence-corrected chi connectivity index (χ1v) is 11.9. The van der Waals surface area contributed by atoms with Gasteiger partial charge in [0.2, 0.25) is 15.9 Å². The van der Waals surface area contributed by atoms with Crippen LogP contribution in [0.5, 0.6) is 0 Å². The molecule has 2 aliphatic heterocycles. The highest BCUT2D eigenvalue weighted by molar-refractivity contribution is 7.89. The zero-order chi connectivity index (χ0) is 21.2. The lowest BCUT2D eigenvalue weighted by Crippen LogP contribution is -2.48. The molecule has 1 aromatic carbocycles. The smallest absolute Gasteiger partial charge is 0.243 e. The van der Waals surface area contributed by atoms with Crippen molar-refractivity contribution in [2.45, 2.75) is 45.1 Å². The molecular weight excluding hydrogens is 390 g/mol. The summed E-state index contributed by atoms with van der Waals surface area (Å²) in [4.78, 5) is 15.3. The molecule has 3 atom stereocenters. The van der Waals surface area contributed by atoms with Gasteiger partial charge in [-0.15, -0.1) is 0 Å². The fourth-order valence-electron chi connectivity index (χ4n) is 4.32. The molecule has 0 radical (unpaired) electrons. The van der Waals surface area contributed by atoms with Gasteiger partial charge in [-0.1, -0.05) is 19.9 Å². The predicted molar refractivity (Wildman–Crippen MR) is 113 cm³/mol. The minimum Gasteiger partial charge on any atom is -0.379 e. The van der Waals surface area contributed by atoms with Crippen molar-refractivity contribution in [1.82, 2.24) is 9.21 Å². The van der Waals surface area contributed by atoms with E-state index < -0.39 is 10.0 Å². The van der Waals surface area contributed by atoms with Crippen molar-refractivity contribution >= 4 is 21.6 Å². The van der Waals surface area contributed by atoms with E-state index in [4.69, 9.17) is 4.74 Å². The molecule has 0 saturated carbocycles. The molecule has 1 N–H and O–H groups in total. The van der Waals surface area contributed by atoms with Gasteiger partial charge in [-0.05, 0) is 49.8 Å². The van der Waals surface area contributed by atoms with E-state index in [2.05, 4.69) is 24.1 Å². The second kappa shape index (κ2) is 9.12. The second-order valence-electron chi connectivity index (χ2n) is 8.56. The van der Waals surface area contributed by atoms with E-state index >= 15 is 0 Å². The van der Waals surface area contributed by atoms with Gasteiger partial charge in [0, 0.05) is 31.9 Å². The summed E-state index contributed by atoms with van der Waals surface area (Å²) >= 11 is 0. The average molecular weight is 424 g/mol. The number of sulfonamides is 1. The summed E-state index contributed by atoms with van der Waals surface area (Å²) in [6.07, 6.45) is 1.19. The first kappa shape index (κ1) is 22.2. The lowest BCUT2D eigenvalue weighted by Gasteiger charge is -2.38. The minimum atomic E-state index is -3.61. The van der Waals surface area contributed by atoms with E-state index in [-0.39, 0.29) is 16.8 Å². The zero-order valence-corrected chi connectivity index (χ0v) is 18.7. The fourth-order valence-corrected chi connectivity index (χ4v) is 5.98. The maximum atomic E-state index is 13.0. The van der Waals surface area contributed by atoms with Gasteiger partial charge in [-0.25, -0.2) is 8.42 Å². The van der Waals surface area contributed by atoms with Crippen LogP contribution in [0.15, 0.2) is 23.1 Å². The van der Waals surface area contributed by atoms with E-state index in [1.807, 2.05) is 6.92 Å². The molecule has 2 heterocycles. The van der Waals surface area contributed by atoms with Crippen LogP contribution in [-0.4, -0.2) is 69.0 Å². The van der Waals surface area contributed by atoms with Gasteiger partial charge in [0.25, 0.3) is 0 Å². The highest BCUT2D eigenvalue weighted by Gasteiger charge is 2.30. The highest BCUT2D eigenvalue weighted by Crippen LogP contribution is 2.26. The molecule has 29 heavy (non-hydrogen) atoms. The lowest BCUT2D eigenvalue weighted by molar-refractivity contribution is -0.121. The number of ether oxygens (including phenoxy) is 1. The van der Waals surface area contributed by atoms with E-state index in [0.29, 0.717) is 49.4 Å². The normalized spacial score (nSPS) is 25.5. The number of nitrogens with one attached hydrogen (secondary N) is 1. The average Bonchev–Trinajstić information content (AvgIpc) is 2.68. The molecule has 0 aromatic heterocycles. The molecule has 1 amide bonds. The Bertz CT molecular complexity index is 826. The fraction of sp³-hybridized carbons (Fsp3) is 0.667. The summed E-state index contributed by atoms with van der Waals surface area (Å²) in [5.41, 5.74) is 1.18. The topological polar surface area (TPSA) is 79.0 Å². The van der Waals surface area contributed by atoms with Crippen molar-refractivity contribution in [1.29, 1.82) is 0 Å². The summed E-state index contributed by atoms with van der Waals surface area (Å²) < 4.78 is 32.8. The third-order valence-corrected chi connectivity index (χ3v) is 7.91. The first-order valence-electron chi connectivity index (χ1n) is 10.4. The van der Waals surface area contributed by atoms with Crippen molar-refractivity contribution < 1.29 is 17.9 Å². The van der Waals surface area contributed by atoms with Gasteiger partial charge >= 0.3 is 0 Å². The number of carbonyl (C=O) groups is 1. The molecule has 2 fully saturated rings. The van der Waals surface area contributed by atoms with Crippen LogP contribution in [0.25, 0.3) is 0 Å². The maximum Gasteiger partial charge on any atom is 0.243 e. The summed E-state index contributed by atoms with van der Waals surface area (Å²) in [5.74, 6) is 1.03. The highest BCUT2D eigenvalue weighted by atomic mass is 32.2. The van der Waals surface area contributed by atoms with Crippen LogP contribution in [0, 0.1) is 18.8 Å². The molecule has 0 bridgehead atoms. The Labute approximate surface area is 174 Å². The number of likely N-dealkylation sites (tertiary alicyclic amines) is 1. The van der Waals surface area contributed by atoms with E-state index in [9.17, 15) is 13.2 Å². The summed E-state index contributed by atoms with van der Waals surface area (Å²) in [6.45, 7) is 11.4. The zero-order valence-electron chi connectivity index (χ0n) is 17.8. The van der Waals surface area contributed by atoms with Crippen LogP contribution >= 0.6 is 0 Å². The largest absolute Gasteiger partial charge is 0.379 e. The SMILES string of the molecule is Cc1ccc(NC(=O)[C@@H](C)N2C[C@@H](C)C[C@H](C)C2)cc1S(=O)(=O)N1CCOCC1. The second-order valence-corrected chi connectivity index (χ2v) is 10.5. The Kier molecular flexibility index (Phi) is 6.98. The molecule has 0 aliphatic carbocycles. The van der Waals surface area contributed by atoms with Crippen LogP contribution in [0.3, 0.4) is 0 Å². The first-order chi connectivity index (χ1) is 13.7. The van der Waals surface area contributed by atoms with Crippen LogP contribution in [-0.2, 0) is 19.6 Å². The molecule has 0 unspecified atom stereocenters. The number of aryl methyl sites for hydroxylation is 1. The summed E-state index contributed by atoms with van der Waals surface area (Å²) in [7, 11) is -3.61. The van der Waals surface area contributed by atoms with Gasteiger partial charge in [-0.3, -0.25) is 9.69 Å². The van der Waals surface area contributed by atoms with Crippen LogP contribution in [0.2, 0.25) is 0 Å². The lowest BCUT2D eigenvalue weighted by atomic mass is 9.91. The number of morpholine rings is 1. The Balaban J connectivity index is 1.74. The molecule has 162 valence electrons. The number of hydrogen-bond donors (Lipinski definition) is 1. The van der Waals surface area contributed by atoms with Crippen molar-refractivity contribution in [3.05, 3.63) is 23.8 Å². The molecule has 0 spiro atoms. The Morgan fingerprint density at radius 3 is 2.41 bits per heavy atom. The van der Waals surface area contributed by atoms with E-state index in [1.54, 1.807) is 25.1 Å². The molecule has 3 rings (SSSR count). The maximum absolute atomic E-state index is 13.0. The number of rotatable bonds is 5. The third-order valence-electron chi connectivity index (χ3n) is 5.87. The molecule has 8 heteroatoms. The summed E-state index contributed by atoms with van der Waals surface area (Å²) in [5, 5.41) is 2.92.